The van der Waals surface area contributed by atoms with Gasteiger partial charge in [0.15, 0.2) is 0 Å². The van der Waals surface area contributed by atoms with Crippen LogP contribution in [0.15, 0.2) is 48.5 Å². The fourth-order valence-corrected chi connectivity index (χ4v) is 3.47. The van der Waals surface area contributed by atoms with Crippen molar-refractivity contribution in [2.75, 3.05) is 13.1 Å². The number of hydrogen-bond donors (Lipinski definition) is 1. The molecule has 0 saturated carbocycles. The van der Waals surface area contributed by atoms with Crippen molar-refractivity contribution in [3.8, 4) is 0 Å². The smallest absolute Gasteiger partial charge is 0.307 e. The van der Waals surface area contributed by atoms with Crippen molar-refractivity contribution in [3.05, 3.63) is 70.5 Å². The molecule has 1 saturated heterocycles. The lowest BCUT2D eigenvalue weighted by Gasteiger charge is -2.37. The zero-order valence-corrected chi connectivity index (χ0v) is 13.9. The standard InChI is InChI=1S/C19H19ClFNO2/c20-16-7-3-13(4-8-16)18(14-5-9-17(21)10-6-14)22-11-1-2-15(12-22)19(23)24/h3-10,15,18H,1-2,11-12H2,(H,23,24). The van der Waals surface area contributed by atoms with Crippen molar-refractivity contribution in [1.82, 2.24) is 4.90 Å². The Morgan fingerprint density at radius 1 is 1.12 bits per heavy atom. The lowest BCUT2D eigenvalue weighted by molar-refractivity contribution is -0.143. The van der Waals surface area contributed by atoms with E-state index in [0.717, 1.165) is 24.1 Å². The Hall–Kier alpha value is -1.91. The summed E-state index contributed by atoms with van der Waals surface area (Å²) < 4.78 is 13.3. The molecule has 2 unspecified atom stereocenters. The molecule has 0 amide bonds. The lowest BCUT2D eigenvalue weighted by Crippen LogP contribution is -2.41. The highest BCUT2D eigenvalue weighted by molar-refractivity contribution is 6.30. The molecule has 2 aromatic carbocycles. The summed E-state index contributed by atoms with van der Waals surface area (Å²) in [7, 11) is 0. The molecule has 24 heavy (non-hydrogen) atoms. The van der Waals surface area contributed by atoms with Crippen LogP contribution >= 0.6 is 11.6 Å². The molecular formula is C19H19ClFNO2. The Morgan fingerprint density at radius 2 is 1.71 bits per heavy atom. The van der Waals surface area contributed by atoms with E-state index in [2.05, 4.69) is 4.90 Å². The third-order valence-electron chi connectivity index (χ3n) is 4.54. The second-order valence-electron chi connectivity index (χ2n) is 6.18. The molecule has 1 N–H and O–H groups in total. The number of carboxylic acid groups (broad SMARTS) is 1. The van der Waals surface area contributed by atoms with E-state index < -0.39 is 5.97 Å². The molecule has 3 rings (SSSR count). The third kappa shape index (κ3) is 3.77. The molecular weight excluding hydrogens is 329 g/mol. The maximum atomic E-state index is 13.3. The minimum Gasteiger partial charge on any atom is -0.481 e. The number of carboxylic acids is 1. The molecule has 0 aromatic heterocycles. The van der Waals surface area contributed by atoms with Gasteiger partial charge in [-0.3, -0.25) is 9.69 Å². The third-order valence-corrected chi connectivity index (χ3v) is 4.79. The zero-order chi connectivity index (χ0) is 17.1. The summed E-state index contributed by atoms with van der Waals surface area (Å²) in [4.78, 5) is 13.6. The van der Waals surface area contributed by atoms with Crippen molar-refractivity contribution < 1.29 is 14.3 Å². The quantitative estimate of drug-likeness (QED) is 0.893. The van der Waals surface area contributed by atoms with Crippen molar-refractivity contribution in [1.29, 1.82) is 0 Å². The Labute approximate surface area is 145 Å². The van der Waals surface area contributed by atoms with Gasteiger partial charge in [0.2, 0.25) is 0 Å². The van der Waals surface area contributed by atoms with Crippen molar-refractivity contribution in [2.24, 2.45) is 5.92 Å². The Bertz CT molecular complexity index is 657. The van der Waals surface area contributed by atoms with Crippen LogP contribution in [0.1, 0.15) is 30.0 Å². The average Bonchev–Trinajstić information content (AvgIpc) is 2.59. The van der Waals surface area contributed by atoms with Gasteiger partial charge in [-0.25, -0.2) is 4.39 Å². The number of halogens is 2. The summed E-state index contributed by atoms with van der Waals surface area (Å²) in [5.41, 5.74) is 1.97. The topological polar surface area (TPSA) is 40.5 Å². The van der Waals surface area contributed by atoms with Crippen LogP contribution in [0, 0.1) is 11.7 Å². The van der Waals surface area contributed by atoms with Crippen molar-refractivity contribution in [2.45, 2.75) is 18.9 Å². The second-order valence-corrected chi connectivity index (χ2v) is 6.61. The number of benzene rings is 2. The van der Waals surface area contributed by atoms with Crippen LogP contribution in [0.4, 0.5) is 4.39 Å². The first-order chi connectivity index (χ1) is 11.5. The molecule has 1 heterocycles. The highest BCUT2D eigenvalue weighted by Gasteiger charge is 2.31. The molecule has 1 aliphatic rings. The molecule has 0 spiro atoms. The van der Waals surface area contributed by atoms with E-state index >= 15 is 0 Å². The summed E-state index contributed by atoms with van der Waals surface area (Å²) in [6, 6.07) is 13.8. The number of nitrogens with zero attached hydrogens (tertiary/aromatic N) is 1. The first-order valence-corrected chi connectivity index (χ1v) is 8.40. The average molecular weight is 348 g/mol. The van der Waals surface area contributed by atoms with E-state index in [4.69, 9.17) is 11.6 Å². The fourth-order valence-electron chi connectivity index (χ4n) is 3.35. The molecule has 0 bridgehead atoms. The summed E-state index contributed by atoms with van der Waals surface area (Å²) in [6.45, 7) is 1.30. The minimum absolute atomic E-state index is 0.106. The molecule has 1 fully saturated rings. The van der Waals surface area contributed by atoms with Crippen molar-refractivity contribution in [3.63, 3.8) is 0 Å². The lowest BCUT2D eigenvalue weighted by atomic mass is 9.91. The van der Waals surface area contributed by atoms with E-state index in [1.165, 1.54) is 12.1 Å². The highest BCUT2D eigenvalue weighted by Crippen LogP contribution is 2.33. The van der Waals surface area contributed by atoms with Crippen LogP contribution in [0.3, 0.4) is 0 Å². The number of aliphatic carboxylic acids is 1. The van der Waals surface area contributed by atoms with Gasteiger partial charge in [-0.15, -0.1) is 0 Å². The van der Waals surface area contributed by atoms with Gasteiger partial charge in [0.1, 0.15) is 5.82 Å². The predicted molar refractivity (Wildman–Crippen MR) is 91.6 cm³/mol. The van der Waals surface area contributed by atoms with Gasteiger partial charge in [0.25, 0.3) is 0 Å². The summed E-state index contributed by atoms with van der Waals surface area (Å²) in [5.74, 6) is -1.40. The fraction of sp³-hybridized carbons (Fsp3) is 0.316. The minimum atomic E-state index is -0.756. The summed E-state index contributed by atoms with van der Waals surface area (Å²) in [5, 5.41) is 10.0. The number of likely N-dealkylation sites (tertiary alicyclic amines) is 1. The van der Waals surface area contributed by atoms with Gasteiger partial charge in [0.05, 0.1) is 12.0 Å². The molecule has 126 valence electrons. The van der Waals surface area contributed by atoms with Crippen molar-refractivity contribution >= 4 is 17.6 Å². The van der Waals surface area contributed by atoms with Crippen LogP contribution < -0.4 is 0 Å². The van der Waals surface area contributed by atoms with Crippen LogP contribution in [0.25, 0.3) is 0 Å². The van der Waals surface area contributed by atoms with Gasteiger partial charge in [-0.05, 0) is 54.8 Å². The number of rotatable bonds is 4. The number of carbonyl (C=O) groups is 1. The summed E-state index contributed by atoms with van der Waals surface area (Å²) >= 11 is 5.99. The Balaban J connectivity index is 1.96. The van der Waals surface area contributed by atoms with Crippen LogP contribution in [-0.4, -0.2) is 29.1 Å². The van der Waals surface area contributed by atoms with E-state index in [1.807, 2.05) is 24.3 Å². The first-order valence-electron chi connectivity index (χ1n) is 8.02. The molecule has 0 radical (unpaired) electrons. The van der Waals surface area contributed by atoms with Gasteiger partial charge < -0.3 is 5.11 Å². The van der Waals surface area contributed by atoms with E-state index in [-0.39, 0.29) is 17.8 Å². The van der Waals surface area contributed by atoms with E-state index in [1.54, 1.807) is 12.1 Å². The van der Waals surface area contributed by atoms with Crippen LogP contribution in [-0.2, 0) is 4.79 Å². The van der Waals surface area contributed by atoms with Crippen LogP contribution in [0.5, 0.6) is 0 Å². The maximum Gasteiger partial charge on any atom is 0.307 e. The highest BCUT2D eigenvalue weighted by atomic mass is 35.5. The van der Waals surface area contributed by atoms with E-state index in [0.29, 0.717) is 18.0 Å². The maximum absolute atomic E-state index is 13.3. The second kappa shape index (κ2) is 7.32. The first kappa shape index (κ1) is 16.9. The van der Waals surface area contributed by atoms with Crippen LogP contribution in [0.2, 0.25) is 5.02 Å². The van der Waals surface area contributed by atoms with Gasteiger partial charge in [-0.2, -0.15) is 0 Å². The molecule has 5 heteroatoms. The Kier molecular flexibility index (Phi) is 5.17. The predicted octanol–water partition coefficient (Wildman–Crippen LogP) is 4.37. The Morgan fingerprint density at radius 3 is 2.29 bits per heavy atom. The van der Waals surface area contributed by atoms with Gasteiger partial charge >= 0.3 is 5.97 Å². The zero-order valence-electron chi connectivity index (χ0n) is 13.2. The molecule has 0 aliphatic carbocycles. The summed E-state index contributed by atoms with van der Waals surface area (Å²) in [6.07, 6.45) is 1.53. The largest absolute Gasteiger partial charge is 0.481 e. The van der Waals surface area contributed by atoms with Gasteiger partial charge in [0, 0.05) is 11.6 Å². The molecule has 2 atom stereocenters. The SMILES string of the molecule is O=C(O)C1CCCN(C(c2ccc(F)cc2)c2ccc(Cl)cc2)C1. The molecule has 2 aromatic rings. The number of piperidine rings is 1. The normalized spacial score (nSPS) is 19.8. The number of hydrogen-bond acceptors (Lipinski definition) is 2. The van der Waals surface area contributed by atoms with Gasteiger partial charge in [-0.1, -0.05) is 35.9 Å². The monoisotopic (exact) mass is 347 g/mol. The van der Waals surface area contributed by atoms with E-state index in [9.17, 15) is 14.3 Å². The molecule has 3 nitrogen and oxygen atoms in total. The molecule has 1 aliphatic heterocycles.